The fourth-order valence-electron chi connectivity index (χ4n) is 2.74. The smallest absolute Gasteiger partial charge is 0.262 e. The van der Waals surface area contributed by atoms with E-state index in [0.717, 1.165) is 21.3 Å². The van der Waals surface area contributed by atoms with Crippen molar-refractivity contribution in [1.82, 2.24) is 9.55 Å². The molecule has 0 amide bonds. The molecule has 0 atom stereocenters. The number of aromatic amines is 1. The molecule has 8 heteroatoms. The number of halogens is 1. The molecule has 0 saturated carbocycles. The fraction of sp³-hybridized carbons (Fsp3) is 0.0556. The number of aromatic hydroxyl groups is 1. The van der Waals surface area contributed by atoms with Gasteiger partial charge in [-0.05, 0) is 48.6 Å². The Morgan fingerprint density at radius 2 is 2.23 bits per heavy atom. The molecule has 0 bridgehead atoms. The molecule has 0 radical (unpaired) electrons. The maximum atomic E-state index is 12.4. The van der Waals surface area contributed by atoms with Crippen molar-refractivity contribution in [2.45, 2.75) is 6.54 Å². The van der Waals surface area contributed by atoms with E-state index in [9.17, 15) is 9.90 Å². The van der Waals surface area contributed by atoms with Gasteiger partial charge in [-0.3, -0.25) is 19.3 Å². The highest BCUT2D eigenvalue weighted by Crippen LogP contribution is 2.35. The van der Waals surface area contributed by atoms with Crippen LogP contribution in [0.2, 0.25) is 0 Å². The van der Waals surface area contributed by atoms with Crippen LogP contribution in [0.3, 0.4) is 0 Å². The standard InChI is InChI=1S/C18H12BrN3O3S/c19-11-3-4-15-13(7-11)10(8-20-15)6-14-16(23)21-18(26)22(17(14)24)9-12-2-1-5-25-12/h1-8,24H,9H2,(H,21,23,26)/b10-6+. The van der Waals surface area contributed by atoms with Gasteiger partial charge in [0.25, 0.3) is 5.56 Å². The van der Waals surface area contributed by atoms with Crippen LogP contribution in [-0.2, 0) is 6.54 Å². The molecule has 3 heterocycles. The van der Waals surface area contributed by atoms with Crippen LogP contribution >= 0.6 is 28.1 Å². The summed E-state index contributed by atoms with van der Waals surface area (Å²) in [5, 5.41) is 10.6. The van der Waals surface area contributed by atoms with Gasteiger partial charge in [0.1, 0.15) is 11.3 Å². The highest BCUT2D eigenvalue weighted by atomic mass is 79.9. The van der Waals surface area contributed by atoms with Gasteiger partial charge in [0.2, 0.25) is 5.88 Å². The van der Waals surface area contributed by atoms with Crippen molar-refractivity contribution in [3.63, 3.8) is 0 Å². The monoisotopic (exact) mass is 429 g/mol. The Kier molecular flexibility index (Phi) is 4.21. The number of hydrogen-bond donors (Lipinski definition) is 2. The van der Waals surface area contributed by atoms with Crippen LogP contribution in [0.25, 0.3) is 11.6 Å². The predicted octanol–water partition coefficient (Wildman–Crippen LogP) is 4.27. The maximum Gasteiger partial charge on any atom is 0.262 e. The van der Waals surface area contributed by atoms with Gasteiger partial charge in [0.05, 0.1) is 18.5 Å². The topological polar surface area (TPSA) is 83.5 Å². The molecular weight excluding hydrogens is 418 g/mol. The van der Waals surface area contributed by atoms with Crippen LogP contribution < -0.4 is 5.56 Å². The third-order valence-electron chi connectivity index (χ3n) is 4.01. The number of benzene rings is 1. The Bertz CT molecular complexity index is 1170. The number of fused-ring (bicyclic) bond motifs is 1. The van der Waals surface area contributed by atoms with Crippen molar-refractivity contribution in [3.8, 4) is 5.88 Å². The third kappa shape index (κ3) is 2.97. The summed E-state index contributed by atoms with van der Waals surface area (Å²) in [5.41, 5.74) is 2.05. The minimum absolute atomic E-state index is 0.111. The second-order valence-corrected chi connectivity index (χ2v) is 6.98. The van der Waals surface area contributed by atoms with E-state index >= 15 is 0 Å². The zero-order chi connectivity index (χ0) is 18.3. The number of aliphatic imine (C=N–C) groups is 1. The van der Waals surface area contributed by atoms with E-state index in [2.05, 4.69) is 25.9 Å². The summed E-state index contributed by atoms with van der Waals surface area (Å²) in [4.78, 5) is 19.3. The number of hydrogen-bond acceptors (Lipinski definition) is 5. The third-order valence-corrected chi connectivity index (χ3v) is 4.83. The molecular formula is C18H12BrN3O3S. The molecule has 0 fully saturated rings. The highest BCUT2D eigenvalue weighted by Gasteiger charge is 2.17. The van der Waals surface area contributed by atoms with E-state index in [1.165, 1.54) is 10.8 Å². The molecule has 3 aromatic rings. The molecule has 2 N–H and O–H groups in total. The first-order valence-corrected chi connectivity index (χ1v) is 8.87. The Morgan fingerprint density at radius 3 is 3.00 bits per heavy atom. The molecule has 6 nitrogen and oxygen atoms in total. The van der Waals surface area contributed by atoms with Gasteiger partial charge in [0.15, 0.2) is 4.77 Å². The Hall–Kier alpha value is -2.71. The van der Waals surface area contributed by atoms with E-state index in [0.29, 0.717) is 5.76 Å². The molecule has 0 saturated heterocycles. The number of furan rings is 1. The summed E-state index contributed by atoms with van der Waals surface area (Å²) in [6.07, 6.45) is 4.80. The van der Waals surface area contributed by atoms with Crippen molar-refractivity contribution in [1.29, 1.82) is 0 Å². The summed E-state index contributed by atoms with van der Waals surface area (Å²) in [5.74, 6) is 0.387. The Balaban J connectivity index is 1.84. The van der Waals surface area contributed by atoms with Gasteiger partial charge in [-0.25, -0.2) is 0 Å². The lowest BCUT2D eigenvalue weighted by atomic mass is 10.1. The van der Waals surface area contributed by atoms with Crippen LogP contribution in [0.15, 0.2) is 55.3 Å². The number of allylic oxidation sites excluding steroid dienone is 1. The average molecular weight is 430 g/mol. The zero-order valence-corrected chi connectivity index (χ0v) is 15.7. The van der Waals surface area contributed by atoms with Crippen molar-refractivity contribution in [2.24, 2.45) is 4.99 Å². The highest BCUT2D eigenvalue weighted by molar-refractivity contribution is 9.10. The number of nitrogens with one attached hydrogen (secondary N) is 1. The normalized spacial score (nSPS) is 14.1. The summed E-state index contributed by atoms with van der Waals surface area (Å²) in [6.45, 7) is 0.209. The lowest BCUT2D eigenvalue weighted by Gasteiger charge is -2.10. The van der Waals surface area contributed by atoms with Crippen LogP contribution in [0, 0.1) is 4.77 Å². The number of H-pyrrole nitrogens is 1. The summed E-state index contributed by atoms with van der Waals surface area (Å²) in [6, 6.07) is 9.20. The first-order chi connectivity index (χ1) is 12.5. The molecule has 130 valence electrons. The maximum absolute atomic E-state index is 12.4. The van der Waals surface area contributed by atoms with Crippen LogP contribution in [0.5, 0.6) is 5.88 Å². The second kappa shape index (κ2) is 6.54. The quantitative estimate of drug-likeness (QED) is 0.608. The second-order valence-electron chi connectivity index (χ2n) is 5.68. The minimum Gasteiger partial charge on any atom is -0.494 e. The molecule has 1 aromatic carbocycles. The lowest BCUT2D eigenvalue weighted by Crippen LogP contribution is -2.17. The molecule has 1 aliphatic heterocycles. The molecule has 0 aliphatic carbocycles. The predicted molar refractivity (Wildman–Crippen MR) is 106 cm³/mol. The Morgan fingerprint density at radius 1 is 1.38 bits per heavy atom. The van der Waals surface area contributed by atoms with Crippen molar-refractivity contribution < 1.29 is 9.52 Å². The number of nitrogens with zero attached hydrogens (tertiary/aromatic N) is 2. The van der Waals surface area contributed by atoms with E-state index in [4.69, 9.17) is 16.6 Å². The summed E-state index contributed by atoms with van der Waals surface area (Å²) < 4.78 is 7.73. The fourth-order valence-corrected chi connectivity index (χ4v) is 3.35. The largest absolute Gasteiger partial charge is 0.494 e. The van der Waals surface area contributed by atoms with Crippen LogP contribution in [0.4, 0.5) is 5.69 Å². The van der Waals surface area contributed by atoms with Crippen molar-refractivity contribution >= 4 is 51.7 Å². The van der Waals surface area contributed by atoms with Gasteiger partial charge in [0, 0.05) is 21.8 Å². The average Bonchev–Trinajstić information content (AvgIpc) is 3.25. The first kappa shape index (κ1) is 16.7. The van der Waals surface area contributed by atoms with Crippen LogP contribution in [0.1, 0.15) is 16.9 Å². The number of aromatic nitrogens is 2. The Labute approximate surface area is 161 Å². The molecule has 2 aromatic heterocycles. The van der Waals surface area contributed by atoms with Crippen molar-refractivity contribution in [3.05, 3.63) is 73.1 Å². The molecule has 0 unspecified atom stereocenters. The van der Waals surface area contributed by atoms with Gasteiger partial charge in [-0.2, -0.15) is 0 Å². The van der Waals surface area contributed by atoms with Gasteiger partial charge in [-0.1, -0.05) is 15.9 Å². The van der Waals surface area contributed by atoms with Gasteiger partial charge >= 0.3 is 0 Å². The summed E-state index contributed by atoms with van der Waals surface area (Å²) in [7, 11) is 0. The van der Waals surface area contributed by atoms with E-state index in [1.54, 1.807) is 24.4 Å². The molecule has 26 heavy (non-hydrogen) atoms. The zero-order valence-electron chi connectivity index (χ0n) is 13.3. The van der Waals surface area contributed by atoms with E-state index in [-0.39, 0.29) is 22.8 Å². The first-order valence-electron chi connectivity index (χ1n) is 7.67. The minimum atomic E-state index is -0.465. The van der Waals surface area contributed by atoms with Gasteiger partial charge in [-0.15, -0.1) is 0 Å². The van der Waals surface area contributed by atoms with E-state index < -0.39 is 5.56 Å². The van der Waals surface area contributed by atoms with Crippen molar-refractivity contribution in [2.75, 3.05) is 0 Å². The van der Waals surface area contributed by atoms with Crippen LogP contribution in [-0.4, -0.2) is 20.9 Å². The molecule has 0 spiro atoms. The van der Waals surface area contributed by atoms with Gasteiger partial charge < -0.3 is 9.52 Å². The lowest BCUT2D eigenvalue weighted by molar-refractivity contribution is 0.396. The summed E-state index contributed by atoms with van der Waals surface area (Å²) >= 11 is 8.61. The molecule has 4 rings (SSSR count). The van der Waals surface area contributed by atoms with E-state index in [1.807, 2.05) is 18.2 Å². The molecule has 1 aliphatic rings. The number of rotatable bonds is 3. The SMILES string of the molecule is O=c1[nH]c(=S)n(Cc2ccco2)c(O)c1/C=C1\C=Nc2ccc(Br)cc21.